The summed E-state index contributed by atoms with van der Waals surface area (Å²) in [6.07, 6.45) is 2.99. The highest BCUT2D eigenvalue weighted by Crippen LogP contribution is 2.02. The van der Waals surface area contributed by atoms with Crippen molar-refractivity contribution >= 4 is 0 Å². The fourth-order valence-electron chi connectivity index (χ4n) is 1.23. The molecule has 0 rings (SSSR count). The average molecular weight is 189 g/mol. The Balaban J connectivity index is 3.27. The smallest absolute Gasteiger partial charge is 0.0585 e. The van der Waals surface area contributed by atoms with Crippen LogP contribution in [0.1, 0.15) is 33.1 Å². The van der Waals surface area contributed by atoms with E-state index >= 15 is 0 Å². The van der Waals surface area contributed by atoms with E-state index in [1.165, 1.54) is 6.42 Å². The maximum absolute atomic E-state index is 8.89. The molecule has 0 fully saturated rings. The number of hydrogen-bond acceptors (Lipinski definition) is 3. The van der Waals surface area contributed by atoms with Gasteiger partial charge in [0, 0.05) is 12.6 Å². The quantitative estimate of drug-likeness (QED) is 0.494. The molecule has 0 aliphatic rings. The second-order valence-electron chi connectivity index (χ2n) is 3.88. The lowest BCUT2D eigenvalue weighted by Gasteiger charge is -2.15. The third kappa shape index (κ3) is 8.22. The van der Waals surface area contributed by atoms with Crippen molar-refractivity contribution < 1.29 is 10.2 Å². The van der Waals surface area contributed by atoms with E-state index in [4.69, 9.17) is 10.2 Å². The van der Waals surface area contributed by atoms with Crippen LogP contribution < -0.4 is 5.32 Å². The molecule has 0 aromatic carbocycles. The Morgan fingerprint density at radius 2 is 1.85 bits per heavy atom. The molecule has 3 N–H and O–H groups in total. The van der Waals surface area contributed by atoms with Gasteiger partial charge in [0.25, 0.3) is 0 Å². The zero-order valence-corrected chi connectivity index (χ0v) is 8.79. The van der Waals surface area contributed by atoms with Gasteiger partial charge >= 0.3 is 0 Å². The summed E-state index contributed by atoms with van der Waals surface area (Å²) in [4.78, 5) is 0. The van der Waals surface area contributed by atoms with E-state index < -0.39 is 0 Å². The van der Waals surface area contributed by atoms with E-state index in [-0.39, 0.29) is 19.3 Å². The Morgan fingerprint density at radius 3 is 2.31 bits per heavy atom. The van der Waals surface area contributed by atoms with Crippen LogP contribution in [0.15, 0.2) is 0 Å². The predicted octanol–water partition coefficient (Wildman–Crippen LogP) is 0.755. The summed E-state index contributed by atoms with van der Waals surface area (Å²) in [5.41, 5.74) is 0. The maximum Gasteiger partial charge on any atom is 0.0585 e. The Labute approximate surface area is 81.2 Å². The summed E-state index contributed by atoms with van der Waals surface area (Å²) < 4.78 is 0. The number of aliphatic hydroxyl groups is 2. The van der Waals surface area contributed by atoms with Gasteiger partial charge < -0.3 is 15.5 Å². The van der Waals surface area contributed by atoms with Crippen LogP contribution in [0, 0.1) is 5.92 Å². The van der Waals surface area contributed by atoms with E-state index in [0.717, 1.165) is 18.9 Å². The lowest BCUT2D eigenvalue weighted by Crippen LogP contribution is -2.34. The summed E-state index contributed by atoms with van der Waals surface area (Å²) in [5.74, 6) is 0.743. The minimum atomic E-state index is 0.0668. The first-order chi connectivity index (χ1) is 6.20. The number of rotatable bonds is 8. The average Bonchev–Trinajstić information content (AvgIpc) is 2.10. The van der Waals surface area contributed by atoms with Gasteiger partial charge in [0.1, 0.15) is 0 Å². The lowest BCUT2D eigenvalue weighted by atomic mass is 10.1. The topological polar surface area (TPSA) is 52.5 Å². The molecule has 3 heteroatoms. The van der Waals surface area contributed by atoms with Crippen molar-refractivity contribution in [3.8, 4) is 0 Å². The van der Waals surface area contributed by atoms with Gasteiger partial charge in [-0.15, -0.1) is 0 Å². The largest absolute Gasteiger partial charge is 0.396 e. The van der Waals surface area contributed by atoms with E-state index in [2.05, 4.69) is 19.2 Å². The molecule has 1 unspecified atom stereocenters. The maximum atomic E-state index is 8.89. The lowest BCUT2D eigenvalue weighted by molar-refractivity contribution is 0.200. The van der Waals surface area contributed by atoms with Gasteiger partial charge in [-0.1, -0.05) is 13.8 Å². The molecule has 0 aromatic heterocycles. The van der Waals surface area contributed by atoms with Crippen LogP contribution in [-0.2, 0) is 0 Å². The number of hydrogen-bond donors (Lipinski definition) is 3. The predicted molar refractivity (Wildman–Crippen MR) is 54.7 cm³/mol. The van der Waals surface area contributed by atoms with Crippen molar-refractivity contribution in [2.45, 2.75) is 39.2 Å². The molecule has 0 heterocycles. The summed E-state index contributed by atoms with van der Waals surface area (Å²) in [6, 6.07) is 0.0668. The minimum absolute atomic E-state index is 0.0668. The van der Waals surface area contributed by atoms with Crippen molar-refractivity contribution in [2.24, 2.45) is 5.92 Å². The molecule has 0 saturated heterocycles. The molecule has 0 amide bonds. The highest BCUT2D eigenvalue weighted by Gasteiger charge is 2.04. The first-order valence-corrected chi connectivity index (χ1v) is 5.15. The first kappa shape index (κ1) is 12.9. The van der Waals surface area contributed by atoms with Gasteiger partial charge in [-0.05, 0) is 31.7 Å². The van der Waals surface area contributed by atoms with Gasteiger partial charge in [0.2, 0.25) is 0 Å². The van der Waals surface area contributed by atoms with Crippen LogP contribution in [0.25, 0.3) is 0 Å². The van der Waals surface area contributed by atoms with Crippen LogP contribution in [-0.4, -0.2) is 36.0 Å². The molecule has 0 bridgehead atoms. The Hall–Kier alpha value is -0.120. The van der Waals surface area contributed by atoms with E-state index in [1.807, 2.05) is 0 Å². The van der Waals surface area contributed by atoms with Gasteiger partial charge in [-0.3, -0.25) is 0 Å². The molecular weight excluding hydrogens is 166 g/mol. The summed E-state index contributed by atoms with van der Waals surface area (Å²) >= 11 is 0. The minimum Gasteiger partial charge on any atom is -0.396 e. The highest BCUT2D eigenvalue weighted by atomic mass is 16.3. The molecule has 3 nitrogen and oxygen atoms in total. The normalized spacial score (nSPS) is 13.6. The Morgan fingerprint density at radius 1 is 1.15 bits per heavy atom. The van der Waals surface area contributed by atoms with E-state index in [0.29, 0.717) is 6.42 Å². The SMILES string of the molecule is CC(C)CCCNC(CO)CCO. The number of nitrogens with one attached hydrogen (secondary N) is 1. The zero-order valence-electron chi connectivity index (χ0n) is 8.79. The molecule has 0 saturated carbocycles. The molecule has 1 atom stereocenters. The third-order valence-corrected chi connectivity index (χ3v) is 2.09. The molecule has 0 radical (unpaired) electrons. The van der Waals surface area contributed by atoms with Crippen LogP contribution in [0.4, 0.5) is 0 Å². The van der Waals surface area contributed by atoms with E-state index in [1.54, 1.807) is 0 Å². The fourth-order valence-corrected chi connectivity index (χ4v) is 1.23. The van der Waals surface area contributed by atoms with E-state index in [9.17, 15) is 0 Å². The summed E-state index contributed by atoms with van der Waals surface area (Å²) in [6.45, 7) is 5.60. The Kier molecular flexibility index (Phi) is 8.40. The molecule has 13 heavy (non-hydrogen) atoms. The molecular formula is C10H23NO2. The monoisotopic (exact) mass is 189 g/mol. The van der Waals surface area contributed by atoms with Gasteiger partial charge in [-0.2, -0.15) is 0 Å². The van der Waals surface area contributed by atoms with Crippen LogP contribution in [0.3, 0.4) is 0 Å². The van der Waals surface area contributed by atoms with Gasteiger partial charge in [0.05, 0.1) is 6.61 Å². The van der Waals surface area contributed by atoms with Crippen molar-refractivity contribution in [2.75, 3.05) is 19.8 Å². The fraction of sp³-hybridized carbons (Fsp3) is 1.00. The van der Waals surface area contributed by atoms with Crippen molar-refractivity contribution in [1.82, 2.24) is 5.32 Å². The number of aliphatic hydroxyl groups excluding tert-OH is 2. The molecule has 80 valence electrons. The second-order valence-corrected chi connectivity index (χ2v) is 3.88. The summed E-state index contributed by atoms with van der Waals surface area (Å²) in [7, 11) is 0. The standard InChI is InChI=1S/C10H23NO2/c1-9(2)4-3-6-11-10(8-13)5-7-12/h9-13H,3-8H2,1-2H3. The Bertz CT molecular complexity index is 107. The second kappa shape index (κ2) is 8.48. The van der Waals surface area contributed by atoms with Gasteiger partial charge in [-0.25, -0.2) is 0 Å². The van der Waals surface area contributed by atoms with Crippen molar-refractivity contribution in [3.05, 3.63) is 0 Å². The molecule has 0 aliphatic carbocycles. The molecule has 0 aromatic rings. The summed E-state index contributed by atoms with van der Waals surface area (Å²) in [5, 5.41) is 20.8. The van der Waals surface area contributed by atoms with Gasteiger partial charge in [0.15, 0.2) is 0 Å². The van der Waals surface area contributed by atoms with Crippen LogP contribution in [0.2, 0.25) is 0 Å². The van der Waals surface area contributed by atoms with Crippen molar-refractivity contribution in [3.63, 3.8) is 0 Å². The highest BCUT2D eigenvalue weighted by molar-refractivity contribution is 4.64. The van der Waals surface area contributed by atoms with Crippen LogP contribution >= 0.6 is 0 Å². The van der Waals surface area contributed by atoms with Crippen molar-refractivity contribution in [1.29, 1.82) is 0 Å². The molecule has 0 spiro atoms. The first-order valence-electron chi connectivity index (χ1n) is 5.15. The van der Waals surface area contributed by atoms with Crippen LogP contribution in [0.5, 0.6) is 0 Å². The molecule has 0 aliphatic heterocycles. The third-order valence-electron chi connectivity index (χ3n) is 2.09. The zero-order chi connectivity index (χ0) is 10.1.